The van der Waals surface area contributed by atoms with Gasteiger partial charge in [0.25, 0.3) is 5.89 Å². The highest BCUT2D eigenvalue weighted by Crippen LogP contribution is 2.27. The van der Waals surface area contributed by atoms with Gasteiger partial charge in [-0.25, -0.2) is 0 Å². The molecule has 0 bridgehead atoms. The van der Waals surface area contributed by atoms with E-state index in [0.29, 0.717) is 5.56 Å². The van der Waals surface area contributed by atoms with E-state index in [2.05, 4.69) is 31.5 Å². The third kappa shape index (κ3) is 5.13. The number of anilines is 1. The summed E-state index contributed by atoms with van der Waals surface area (Å²) in [5, 5.41) is 7.08. The van der Waals surface area contributed by atoms with E-state index in [0.717, 1.165) is 30.1 Å². The molecule has 2 aromatic carbocycles. The molecular formula is C21H22F2N4OS. The molecule has 1 saturated heterocycles. The molecule has 0 saturated carbocycles. The maximum Gasteiger partial charge on any atom is 0.314 e. The van der Waals surface area contributed by atoms with Crippen molar-refractivity contribution >= 4 is 17.6 Å². The summed E-state index contributed by atoms with van der Waals surface area (Å²) < 4.78 is 32.6. The van der Waals surface area contributed by atoms with Crippen LogP contribution in [-0.4, -0.2) is 40.5 Å². The number of likely N-dealkylation sites (tertiary alicyclic amines) is 1. The molecule has 8 heteroatoms. The second kappa shape index (κ2) is 9.37. The van der Waals surface area contributed by atoms with Gasteiger partial charge in [0.15, 0.2) is 0 Å². The van der Waals surface area contributed by atoms with Crippen LogP contribution in [0.1, 0.15) is 24.3 Å². The largest absolute Gasteiger partial charge is 0.415 e. The molecule has 1 aliphatic rings. The molecule has 0 atom stereocenters. The Bertz CT molecular complexity index is 901. The van der Waals surface area contributed by atoms with E-state index in [-0.39, 0.29) is 5.89 Å². The molecule has 0 spiro atoms. The number of nitrogens with zero attached hydrogens (tertiary/aromatic N) is 4. The van der Waals surface area contributed by atoms with Crippen molar-refractivity contribution in [1.29, 1.82) is 0 Å². The van der Waals surface area contributed by atoms with Crippen molar-refractivity contribution in [3.05, 3.63) is 66.1 Å². The average Bonchev–Trinajstić information content (AvgIpc) is 3.21. The highest BCUT2D eigenvalue weighted by Gasteiger charge is 2.17. The zero-order chi connectivity index (χ0) is 20.1. The molecule has 5 nitrogen and oxygen atoms in total. The minimum Gasteiger partial charge on any atom is -0.415 e. The molecule has 1 fully saturated rings. The van der Waals surface area contributed by atoms with Gasteiger partial charge in [0.2, 0.25) is 5.89 Å². The normalized spacial score (nSPS) is 14.2. The number of rotatable bonds is 9. The van der Waals surface area contributed by atoms with Gasteiger partial charge < -0.3 is 13.6 Å². The average molecular weight is 416 g/mol. The first-order valence-corrected chi connectivity index (χ1v) is 10.5. The number of aromatic nitrogens is 2. The van der Waals surface area contributed by atoms with Gasteiger partial charge in [-0.2, -0.15) is 8.78 Å². The fourth-order valence-corrected chi connectivity index (χ4v) is 4.12. The molecule has 0 aliphatic carbocycles. The van der Waals surface area contributed by atoms with Crippen LogP contribution >= 0.6 is 11.9 Å². The van der Waals surface area contributed by atoms with Crippen LogP contribution in [0.5, 0.6) is 0 Å². The lowest BCUT2D eigenvalue weighted by Crippen LogP contribution is -2.38. The van der Waals surface area contributed by atoms with Crippen molar-refractivity contribution < 1.29 is 13.2 Å². The predicted molar refractivity (Wildman–Crippen MR) is 111 cm³/mol. The quantitative estimate of drug-likeness (QED) is 0.456. The second-order valence-electron chi connectivity index (χ2n) is 6.84. The number of para-hydroxylation sites is 1. The Hall–Kier alpha value is -2.45. The van der Waals surface area contributed by atoms with Gasteiger partial charge >= 0.3 is 6.43 Å². The fourth-order valence-electron chi connectivity index (χ4n) is 3.05. The molecule has 1 aromatic heterocycles. The summed E-state index contributed by atoms with van der Waals surface area (Å²) in [6, 6.07) is 17.9. The van der Waals surface area contributed by atoms with Crippen LogP contribution in [-0.2, 0) is 6.54 Å². The first-order valence-electron chi connectivity index (χ1n) is 9.58. The Labute approximate surface area is 172 Å². The summed E-state index contributed by atoms with van der Waals surface area (Å²) in [4.78, 5) is 2.46. The lowest BCUT2D eigenvalue weighted by atomic mass is 10.1. The molecular weight excluding hydrogens is 394 g/mol. The third-order valence-corrected chi connectivity index (χ3v) is 5.82. The van der Waals surface area contributed by atoms with Gasteiger partial charge in [-0.05, 0) is 61.3 Å². The van der Waals surface area contributed by atoms with E-state index in [1.54, 1.807) is 0 Å². The zero-order valence-corrected chi connectivity index (χ0v) is 16.7. The van der Waals surface area contributed by atoms with E-state index >= 15 is 0 Å². The maximum atomic E-state index is 12.6. The zero-order valence-electron chi connectivity index (χ0n) is 15.9. The van der Waals surface area contributed by atoms with E-state index in [1.165, 1.54) is 19.5 Å². The van der Waals surface area contributed by atoms with Crippen molar-refractivity contribution in [3.63, 3.8) is 0 Å². The number of alkyl halides is 2. The fraction of sp³-hybridized carbons (Fsp3) is 0.333. The molecule has 2 heterocycles. The molecule has 0 radical (unpaired) electrons. The van der Waals surface area contributed by atoms with E-state index in [1.807, 2.05) is 54.4 Å². The van der Waals surface area contributed by atoms with Crippen LogP contribution < -0.4 is 4.31 Å². The second-order valence-corrected chi connectivity index (χ2v) is 7.95. The Morgan fingerprint density at radius 3 is 2.41 bits per heavy atom. The van der Waals surface area contributed by atoms with Crippen LogP contribution in [0.4, 0.5) is 14.5 Å². The Kier molecular flexibility index (Phi) is 6.41. The summed E-state index contributed by atoms with van der Waals surface area (Å²) in [5.41, 5.74) is 2.90. The lowest BCUT2D eigenvalue weighted by molar-refractivity contribution is 0.116. The smallest absolute Gasteiger partial charge is 0.314 e. The first kappa shape index (κ1) is 19.8. The highest BCUT2D eigenvalue weighted by atomic mass is 32.2. The van der Waals surface area contributed by atoms with Gasteiger partial charge in [0, 0.05) is 23.5 Å². The van der Waals surface area contributed by atoms with Gasteiger partial charge in [-0.15, -0.1) is 10.2 Å². The molecule has 4 rings (SSSR count). The Morgan fingerprint density at radius 1 is 1.03 bits per heavy atom. The van der Waals surface area contributed by atoms with Crippen LogP contribution in [0.2, 0.25) is 0 Å². The standard InChI is InChI=1S/C21H22F2N4OS/c22-19(23)21-25-24-20(28-21)17-9-7-16(8-10-17)15-27(18-5-2-1-3-6-18)29-14-13-26-11-4-12-26/h1-3,5-10,19H,4,11-15H2. The van der Waals surface area contributed by atoms with E-state index < -0.39 is 12.3 Å². The van der Waals surface area contributed by atoms with Gasteiger partial charge in [-0.1, -0.05) is 30.3 Å². The van der Waals surface area contributed by atoms with Crippen molar-refractivity contribution in [2.24, 2.45) is 0 Å². The summed E-state index contributed by atoms with van der Waals surface area (Å²) >= 11 is 1.82. The number of hydrogen-bond acceptors (Lipinski definition) is 6. The predicted octanol–water partition coefficient (Wildman–Crippen LogP) is 5.03. The number of halogens is 2. The van der Waals surface area contributed by atoms with E-state index in [4.69, 9.17) is 4.42 Å². The SMILES string of the molecule is FC(F)c1nnc(-c2ccc(CN(SCCN3CCC3)c3ccccc3)cc2)o1. The topological polar surface area (TPSA) is 45.4 Å². The molecule has 1 aliphatic heterocycles. The minimum atomic E-state index is -2.76. The Balaban J connectivity index is 1.43. The molecule has 3 aromatic rings. The maximum absolute atomic E-state index is 12.6. The highest BCUT2D eigenvalue weighted by molar-refractivity contribution is 8.00. The number of hydrogen-bond donors (Lipinski definition) is 0. The number of benzene rings is 2. The Morgan fingerprint density at radius 2 is 1.79 bits per heavy atom. The third-order valence-electron chi connectivity index (χ3n) is 4.80. The molecule has 29 heavy (non-hydrogen) atoms. The first-order chi connectivity index (χ1) is 14.2. The lowest BCUT2D eigenvalue weighted by Gasteiger charge is -2.31. The van der Waals surface area contributed by atoms with Crippen molar-refractivity contribution in [1.82, 2.24) is 15.1 Å². The van der Waals surface area contributed by atoms with Crippen LogP contribution in [0, 0.1) is 0 Å². The summed E-state index contributed by atoms with van der Waals surface area (Å²) in [6.07, 6.45) is -1.46. The summed E-state index contributed by atoms with van der Waals surface area (Å²) in [5.74, 6) is 0.486. The molecule has 0 N–H and O–H groups in total. The van der Waals surface area contributed by atoms with Crippen LogP contribution in [0.3, 0.4) is 0 Å². The van der Waals surface area contributed by atoms with Crippen LogP contribution in [0.15, 0.2) is 59.0 Å². The van der Waals surface area contributed by atoms with E-state index in [9.17, 15) is 8.78 Å². The van der Waals surface area contributed by atoms with Crippen molar-refractivity contribution in [2.75, 3.05) is 29.7 Å². The van der Waals surface area contributed by atoms with Crippen LogP contribution in [0.25, 0.3) is 11.5 Å². The summed E-state index contributed by atoms with van der Waals surface area (Å²) in [7, 11) is 0. The van der Waals surface area contributed by atoms with Crippen molar-refractivity contribution in [3.8, 4) is 11.5 Å². The summed E-state index contributed by atoms with van der Waals surface area (Å²) in [6.45, 7) is 4.24. The van der Waals surface area contributed by atoms with Gasteiger partial charge in [0.1, 0.15) is 0 Å². The van der Waals surface area contributed by atoms with Crippen molar-refractivity contribution in [2.45, 2.75) is 19.4 Å². The van der Waals surface area contributed by atoms with Gasteiger partial charge in [0.05, 0.1) is 6.54 Å². The minimum absolute atomic E-state index is 0.107. The van der Waals surface area contributed by atoms with Gasteiger partial charge in [-0.3, -0.25) is 0 Å². The molecule has 152 valence electrons. The molecule has 0 unspecified atom stereocenters. The molecule has 0 amide bonds. The monoisotopic (exact) mass is 416 g/mol.